The van der Waals surface area contributed by atoms with Crippen molar-refractivity contribution in [1.29, 1.82) is 0 Å². The molecule has 0 aliphatic rings. The molecule has 0 radical (unpaired) electrons. The molecule has 4 nitrogen and oxygen atoms in total. The second-order valence-electron chi connectivity index (χ2n) is 5.13. The number of halogens is 1. The first kappa shape index (κ1) is 17.7. The van der Waals surface area contributed by atoms with Crippen LogP contribution in [0.5, 0.6) is 5.75 Å². The van der Waals surface area contributed by atoms with Crippen LogP contribution in [-0.2, 0) is 16.6 Å². The second kappa shape index (κ2) is 7.82. The summed E-state index contributed by atoms with van der Waals surface area (Å²) in [4.78, 5) is 0. The highest BCUT2D eigenvalue weighted by Gasteiger charge is 2.12. The van der Waals surface area contributed by atoms with Crippen molar-refractivity contribution < 1.29 is 13.2 Å². The van der Waals surface area contributed by atoms with Gasteiger partial charge in [0.05, 0.1) is 0 Å². The Morgan fingerprint density at radius 1 is 1.08 bits per heavy atom. The summed E-state index contributed by atoms with van der Waals surface area (Å²) >= 11 is 6.99. The van der Waals surface area contributed by atoms with Crippen LogP contribution >= 0.6 is 22.9 Å². The van der Waals surface area contributed by atoms with E-state index in [1.54, 1.807) is 47.8 Å². The fourth-order valence-corrected chi connectivity index (χ4v) is 4.00. The highest BCUT2D eigenvalue weighted by atomic mass is 35.5. The number of hydrogen-bond donors (Lipinski definition) is 0. The zero-order valence-electron chi connectivity index (χ0n) is 13.0. The highest BCUT2D eigenvalue weighted by Crippen LogP contribution is 2.19. The number of benzene rings is 2. The third-order valence-electron chi connectivity index (χ3n) is 3.27. The summed E-state index contributed by atoms with van der Waals surface area (Å²) in [6.45, 7) is 0.394. The Hall–Kier alpha value is -2.15. The van der Waals surface area contributed by atoms with E-state index in [-0.39, 0.29) is 4.21 Å². The van der Waals surface area contributed by atoms with Gasteiger partial charge in [0.25, 0.3) is 10.0 Å². The lowest BCUT2D eigenvalue weighted by Gasteiger charge is -2.07. The summed E-state index contributed by atoms with van der Waals surface area (Å²) in [5.74, 6) is 0.632. The molecule has 0 bridgehead atoms. The van der Waals surface area contributed by atoms with E-state index >= 15 is 0 Å². The van der Waals surface area contributed by atoms with Crippen molar-refractivity contribution >= 4 is 39.2 Å². The first-order valence-electron chi connectivity index (χ1n) is 7.34. The van der Waals surface area contributed by atoms with E-state index in [1.165, 1.54) is 12.3 Å². The van der Waals surface area contributed by atoms with E-state index in [0.717, 1.165) is 16.9 Å². The molecule has 3 rings (SSSR count). The van der Waals surface area contributed by atoms with Crippen LogP contribution < -0.4 is 4.74 Å². The van der Waals surface area contributed by atoms with Crippen molar-refractivity contribution in [2.75, 3.05) is 0 Å². The maximum atomic E-state index is 12.1. The molecule has 1 aromatic heterocycles. The van der Waals surface area contributed by atoms with Crippen molar-refractivity contribution in [3.63, 3.8) is 0 Å². The minimum Gasteiger partial charge on any atom is -0.489 e. The fourth-order valence-electron chi connectivity index (χ4n) is 2.02. The maximum Gasteiger partial charge on any atom is 0.291 e. The Bertz CT molecular complexity index is 966. The van der Waals surface area contributed by atoms with E-state index < -0.39 is 10.0 Å². The van der Waals surface area contributed by atoms with Crippen molar-refractivity contribution in [3.05, 3.63) is 82.2 Å². The summed E-state index contributed by atoms with van der Waals surface area (Å²) in [5, 5.41) is 2.38. The van der Waals surface area contributed by atoms with Crippen molar-refractivity contribution in [2.45, 2.75) is 10.8 Å². The topological polar surface area (TPSA) is 55.7 Å². The van der Waals surface area contributed by atoms with Gasteiger partial charge in [-0.05, 0) is 46.8 Å². The molecule has 0 fully saturated rings. The van der Waals surface area contributed by atoms with Gasteiger partial charge in [-0.15, -0.1) is 11.3 Å². The monoisotopic (exact) mass is 391 g/mol. The van der Waals surface area contributed by atoms with Crippen LogP contribution in [0.1, 0.15) is 11.1 Å². The molecule has 0 atom stereocenters. The van der Waals surface area contributed by atoms with E-state index in [9.17, 15) is 8.42 Å². The molecule has 0 amide bonds. The molecule has 128 valence electrons. The molecule has 1 heterocycles. The molecule has 0 saturated carbocycles. The molecular weight excluding hydrogens is 378 g/mol. The predicted octanol–water partition coefficient (Wildman–Crippen LogP) is 4.79. The van der Waals surface area contributed by atoms with Gasteiger partial charge in [0, 0.05) is 11.2 Å². The smallest absolute Gasteiger partial charge is 0.291 e. The summed E-state index contributed by atoms with van der Waals surface area (Å²) in [6, 6.07) is 17.7. The largest absolute Gasteiger partial charge is 0.489 e. The van der Waals surface area contributed by atoms with Crippen LogP contribution in [0, 0.1) is 0 Å². The van der Waals surface area contributed by atoms with E-state index in [2.05, 4.69) is 4.40 Å². The van der Waals surface area contributed by atoms with E-state index in [1.807, 2.05) is 12.1 Å². The van der Waals surface area contributed by atoms with Crippen LogP contribution in [0.4, 0.5) is 0 Å². The number of hydrogen-bond acceptors (Lipinski definition) is 4. The number of sulfonamides is 1. The Morgan fingerprint density at radius 2 is 1.88 bits per heavy atom. The molecule has 2 aromatic carbocycles. The van der Waals surface area contributed by atoms with Gasteiger partial charge in [-0.25, -0.2) is 0 Å². The van der Waals surface area contributed by atoms with Gasteiger partial charge in [-0.3, -0.25) is 0 Å². The molecule has 0 N–H and O–H groups in total. The van der Waals surface area contributed by atoms with Gasteiger partial charge in [0.2, 0.25) is 0 Å². The van der Waals surface area contributed by atoms with E-state index in [0.29, 0.717) is 22.9 Å². The lowest BCUT2D eigenvalue weighted by atomic mass is 10.2. The molecule has 3 aromatic rings. The van der Waals surface area contributed by atoms with Crippen molar-refractivity contribution in [2.24, 2.45) is 4.40 Å². The molecule has 0 aliphatic heterocycles. The van der Waals surface area contributed by atoms with Crippen molar-refractivity contribution in [3.8, 4) is 5.75 Å². The first-order chi connectivity index (χ1) is 12.0. The van der Waals surface area contributed by atoms with Crippen LogP contribution in [0.15, 0.2) is 74.7 Å². The minimum absolute atomic E-state index is 0.221. The molecule has 7 heteroatoms. The Kier molecular flexibility index (Phi) is 5.53. The second-order valence-corrected chi connectivity index (χ2v) is 8.37. The van der Waals surface area contributed by atoms with Gasteiger partial charge in [0.1, 0.15) is 16.6 Å². The van der Waals surface area contributed by atoms with Gasteiger partial charge >= 0.3 is 0 Å². The third-order valence-corrected chi connectivity index (χ3v) is 6.13. The Labute approximate surface area is 155 Å². The number of ether oxygens (including phenoxy) is 1. The summed E-state index contributed by atoms with van der Waals surface area (Å²) in [6.07, 6.45) is 1.32. The summed E-state index contributed by atoms with van der Waals surface area (Å²) in [7, 11) is -3.65. The summed E-state index contributed by atoms with van der Waals surface area (Å²) in [5.41, 5.74) is 1.64. The quantitative estimate of drug-likeness (QED) is 0.568. The fraction of sp³-hybridized carbons (Fsp3) is 0.0556. The van der Waals surface area contributed by atoms with Crippen LogP contribution in [0.3, 0.4) is 0 Å². The predicted molar refractivity (Wildman–Crippen MR) is 101 cm³/mol. The zero-order chi connectivity index (χ0) is 17.7. The minimum atomic E-state index is -3.65. The van der Waals surface area contributed by atoms with Gasteiger partial charge < -0.3 is 4.74 Å². The molecule has 0 aliphatic carbocycles. The van der Waals surface area contributed by atoms with Gasteiger partial charge in [-0.1, -0.05) is 41.9 Å². The van der Waals surface area contributed by atoms with Crippen LogP contribution in [0.25, 0.3) is 0 Å². The molecule has 0 saturated heterocycles. The van der Waals surface area contributed by atoms with Gasteiger partial charge in [0.15, 0.2) is 0 Å². The van der Waals surface area contributed by atoms with Crippen molar-refractivity contribution in [1.82, 2.24) is 0 Å². The molecule has 25 heavy (non-hydrogen) atoms. The SMILES string of the molecule is O=S(=O)(/N=C\c1cccc(OCc2ccc(Cl)cc2)c1)c1cccs1. The number of nitrogens with zero attached hydrogens (tertiary/aromatic N) is 1. The lowest BCUT2D eigenvalue weighted by molar-refractivity contribution is 0.306. The van der Waals surface area contributed by atoms with E-state index in [4.69, 9.17) is 16.3 Å². The highest BCUT2D eigenvalue weighted by molar-refractivity contribution is 7.92. The maximum absolute atomic E-state index is 12.1. The third kappa shape index (κ3) is 4.92. The molecule has 0 unspecified atom stereocenters. The molecular formula is C18H14ClNO3S2. The van der Waals surface area contributed by atoms with Crippen LogP contribution in [-0.4, -0.2) is 14.6 Å². The standard InChI is InChI=1S/C18H14ClNO3S2/c19-16-8-6-14(7-9-16)13-23-17-4-1-3-15(11-17)12-20-25(21,22)18-5-2-10-24-18/h1-12H,13H2/b20-12-. The van der Waals surface area contributed by atoms with Gasteiger partial charge in [-0.2, -0.15) is 12.8 Å². The summed E-state index contributed by atoms with van der Waals surface area (Å²) < 4.78 is 33.8. The average molecular weight is 392 g/mol. The Balaban J connectivity index is 1.69. The number of rotatable bonds is 6. The number of thiophene rings is 1. The average Bonchev–Trinajstić information content (AvgIpc) is 3.16. The Morgan fingerprint density at radius 3 is 2.60 bits per heavy atom. The normalized spacial score (nSPS) is 11.7. The van der Waals surface area contributed by atoms with Crippen LogP contribution in [0.2, 0.25) is 5.02 Å². The zero-order valence-corrected chi connectivity index (χ0v) is 15.4. The molecule has 0 spiro atoms. The lowest BCUT2D eigenvalue weighted by Crippen LogP contribution is -1.97. The first-order valence-corrected chi connectivity index (χ1v) is 10.0.